The number of nitrogens with one attached hydrogen (secondary N) is 1. The molecule has 0 fully saturated rings. The van der Waals surface area contributed by atoms with E-state index in [0.717, 1.165) is 22.6 Å². The van der Waals surface area contributed by atoms with Crippen molar-refractivity contribution in [3.8, 4) is 11.5 Å². The van der Waals surface area contributed by atoms with Crippen LogP contribution in [0, 0.1) is 13.8 Å². The van der Waals surface area contributed by atoms with E-state index in [2.05, 4.69) is 5.32 Å². The van der Waals surface area contributed by atoms with Crippen LogP contribution in [0.25, 0.3) is 0 Å². The average Bonchev–Trinajstić information content (AvgIpc) is 2.51. The minimum absolute atomic E-state index is 0.189. The molecule has 1 amide bonds. The lowest BCUT2D eigenvalue weighted by atomic mass is 10.1. The molecule has 0 spiro atoms. The van der Waals surface area contributed by atoms with E-state index in [4.69, 9.17) is 9.47 Å². The van der Waals surface area contributed by atoms with Crippen LogP contribution in [0.2, 0.25) is 0 Å². The van der Waals surface area contributed by atoms with Crippen molar-refractivity contribution in [2.24, 2.45) is 0 Å². The first-order valence-electron chi connectivity index (χ1n) is 7.18. The van der Waals surface area contributed by atoms with Gasteiger partial charge in [0.1, 0.15) is 11.5 Å². The predicted octanol–water partition coefficient (Wildman–Crippen LogP) is 3.72. The molecule has 4 heteroatoms. The van der Waals surface area contributed by atoms with Gasteiger partial charge >= 0.3 is 0 Å². The van der Waals surface area contributed by atoms with E-state index in [1.165, 1.54) is 0 Å². The Labute approximate surface area is 131 Å². The number of anilines is 1. The van der Waals surface area contributed by atoms with Gasteiger partial charge in [0, 0.05) is 5.69 Å². The van der Waals surface area contributed by atoms with Crippen LogP contribution < -0.4 is 14.8 Å². The lowest BCUT2D eigenvalue weighted by molar-refractivity contribution is -0.122. The summed E-state index contributed by atoms with van der Waals surface area (Å²) in [5.41, 5.74) is 2.82. The quantitative estimate of drug-likeness (QED) is 0.915. The third-order valence-electron chi connectivity index (χ3n) is 3.37. The summed E-state index contributed by atoms with van der Waals surface area (Å²) in [6.07, 6.45) is -0.581. The molecule has 1 atom stereocenters. The highest BCUT2D eigenvalue weighted by Crippen LogP contribution is 2.21. The van der Waals surface area contributed by atoms with E-state index < -0.39 is 6.10 Å². The van der Waals surface area contributed by atoms with Crippen molar-refractivity contribution in [3.05, 3.63) is 53.6 Å². The van der Waals surface area contributed by atoms with Gasteiger partial charge in [-0.2, -0.15) is 0 Å². The summed E-state index contributed by atoms with van der Waals surface area (Å²) in [6.45, 7) is 5.69. The Hall–Kier alpha value is -2.49. The van der Waals surface area contributed by atoms with Crippen LogP contribution in [0.3, 0.4) is 0 Å². The smallest absolute Gasteiger partial charge is 0.265 e. The van der Waals surface area contributed by atoms with Crippen LogP contribution in [0.1, 0.15) is 18.1 Å². The van der Waals surface area contributed by atoms with Gasteiger partial charge < -0.3 is 14.8 Å². The molecule has 0 aliphatic carbocycles. The topological polar surface area (TPSA) is 47.6 Å². The Morgan fingerprint density at radius 2 is 1.77 bits per heavy atom. The summed E-state index contributed by atoms with van der Waals surface area (Å²) in [5.74, 6) is 1.29. The van der Waals surface area contributed by atoms with Crippen molar-refractivity contribution in [1.82, 2.24) is 0 Å². The molecule has 2 aromatic rings. The van der Waals surface area contributed by atoms with E-state index in [-0.39, 0.29) is 5.91 Å². The number of ether oxygens (including phenoxy) is 2. The van der Waals surface area contributed by atoms with Crippen LogP contribution in [0.4, 0.5) is 5.69 Å². The maximum atomic E-state index is 12.2. The zero-order valence-electron chi connectivity index (χ0n) is 13.3. The van der Waals surface area contributed by atoms with Gasteiger partial charge in [-0.15, -0.1) is 0 Å². The van der Waals surface area contributed by atoms with Crippen LogP contribution in [-0.4, -0.2) is 19.1 Å². The van der Waals surface area contributed by atoms with E-state index >= 15 is 0 Å². The van der Waals surface area contributed by atoms with E-state index in [1.54, 1.807) is 38.3 Å². The van der Waals surface area contributed by atoms with Crippen LogP contribution in [-0.2, 0) is 4.79 Å². The van der Waals surface area contributed by atoms with Gasteiger partial charge in [0.15, 0.2) is 6.10 Å². The molecule has 0 bridgehead atoms. The zero-order valence-corrected chi connectivity index (χ0v) is 13.3. The van der Waals surface area contributed by atoms with Gasteiger partial charge in [-0.25, -0.2) is 0 Å². The third kappa shape index (κ3) is 4.01. The van der Waals surface area contributed by atoms with Gasteiger partial charge in [-0.1, -0.05) is 12.1 Å². The second-order valence-electron chi connectivity index (χ2n) is 5.25. The summed E-state index contributed by atoms with van der Waals surface area (Å²) in [5, 5.41) is 2.83. The Balaban J connectivity index is 2.00. The standard InChI is InChI=1S/C18H21NO3/c1-12-5-6-13(2)17(11-12)22-14(3)18(20)19-15-7-9-16(21-4)10-8-15/h5-11,14H,1-4H3,(H,19,20)/t14-/m1/s1. The fourth-order valence-electron chi connectivity index (χ4n) is 2.00. The van der Waals surface area contributed by atoms with Gasteiger partial charge in [0.2, 0.25) is 0 Å². The number of benzene rings is 2. The number of hydrogen-bond acceptors (Lipinski definition) is 3. The molecule has 116 valence electrons. The zero-order chi connectivity index (χ0) is 16.1. The molecule has 0 aliphatic heterocycles. The number of aryl methyl sites for hydroxylation is 2. The molecule has 22 heavy (non-hydrogen) atoms. The highest BCUT2D eigenvalue weighted by Gasteiger charge is 2.16. The monoisotopic (exact) mass is 299 g/mol. The molecule has 0 saturated carbocycles. The Bertz CT molecular complexity index is 650. The van der Waals surface area contributed by atoms with E-state index in [1.807, 2.05) is 32.0 Å². The fourth-order valence-corrected chi connectivity index (χ4v) is 2.00. The van der Waals surface area contributed by atoms with E-state index in [9.17, 15) is 4.79 Å². The summed E-state index contributed by atoms with van der Waals surface area (Å²) in [6, 6.07) is 13.1. The largest absolute Gasteiger partial charge is 0.497 e. The first kappa shape index (κ1) is 15.9. The normalized spacial score (nSPS) is 11.6. The molecule has 2 aromatic carbocycles. The molecule has 0 aliphatic rings. The summed E-state index contributed by atoms with van der Waals surface area (Å²) >= 11 is 0. The molecule has 0 aromatic heterocycles. The highest BCUT2D eigenvalue weighted by atomic mass is 16.5. The Morgan fingerprint density at radius 1 is 1.09 bits per heavy atom. The highest BCUT2D eigenvalue weighted by molar-refractivity contribution is 5.94. The summed E-state index contributed by atoms with van der Waals surface area (Å²) in [4.78, 5) is 12.2. The average molecular weight is 299 g/mol. The first-order valence-corrected chi connectivity index (χ1v) is 7.18. The van der Waals surface area contributed by atoms with Crippen molar-refractivity contribution in [2.45, 2.75) is 26.9 Å². The van der Waals surface area contributed by atoms with Gasteiger partial charge in [0.05, 0.1) is 7.11 Å². The molecule has 1 N–H and O–H groups in total. The lowest BCUT2D eigenvalue weighted by Crippen LogP contribution is -2.30. The number of methoxy groups -OCH3 is 1. The molecule has 2 rings (SSSR count). The first-order chi connectivity index (χ1) is 10.5. The maximum Gasteiger partial charge on any atom is 0.265 e. The van der Waals surface area contributed by atoms with Crippen LogP contribution >= 0.6 is 0 Å². The molecule has 0 unspecified atom stereocenters. The number of carbonyl (C=O) groups is 1. The molecule has 0 saturated heterocycles. The van der Waals surface area contributed by atoms with Gasteiger partial charge in [-0.05, 0) is 62.2 Å². The second-order valence-corrected chi connectivity index (χ2v) is 5.25. The minimum atomic E-state index is -0.581. The van der Waals surface area contributed by atoms with Crippen molar-refractivity contribution in [3.63, 3.8) is 0 Å². The van der Waals surface area contributed by atoms with Crippen molar-refractivity contribution in [1.29, 1.82) is 0 Å². The van der Waals surface area contributed by atoms with Gasteiger partial charge in [0.25, 0.3) is 5.91 Å². The SMILES string of the molecule is COc1ccc(NC(=O)[C@@H](C)Oc2cc(C)ccc2C)cc1. The molecule has 4 nitrogen and oxygen atoms in total. The Morgan fingerprint density at radius 3 is 2.41 bits per heavy atom. The Kier molecular flexibility index (Phi) is 5.04. The third-order valence-corrected chi connectivity index (χ3v) is 3.37. The number of rotatable bonds is 5. The van der Waals surface area contributed by atoms with Crippen LogP contribution in [0.15, 0.2) is 42.5 Å². The van der Waals surface area contributed by atoms with Gasteiger partial charge in [-0.3, -0.25) is 4.79 Å². The molecular formula is C18H21NO3. The van der Waals surface area contributed by atoms with E-state index in [0.29, 0.717) is 5.69 Å². The van der Waals surface area contributed by atoms with Crippen LogP contribution in [0.5, 0.6) is 11.5 Å². The number of carbonyl (C=O) groups excluding carboxylic acids is 1. The summed E-state index contributed by atoms with van der Waals surface area (Å²) < 4.78 is 10.9. The molecule has 0 radical (unpaired) electrons. The molecule has 0 heterocycles. The van der Waals surface area contributed by atoms with Crippen molar-refractivity contribution >= 4 is 11.6 Å². The van der Waals surface area contributed by atoms with Crippen molar-refractivity contribution < 1.29 is 14.3 Å². The minimum Gasteiger partial charge on any atom is -0.497 e. The fraction of sp³-hybridized carbons (Fsp3) is 0.278. The maximum absolute atomic E-state index is 12.2. The molecular weight excluding hydrogens is 278 g/mol. The summed E-state index contributed by atoms with van der Waals surface area (Å²) in [7, 11) is 1.60. The predicted molar refractivity (Wildman–Crippen MR) is 87.6 cm³/mol. The number of hydrogen-bond donors (Lipinski definition) is 1. The lowest BCUT2D eigenvalue weighted by Gasteiger charge is -2.17. The van der Waals surface area contributed by atoms with Crippen molar-refractivity contribution in [2.75, 3.05) is 12.4 Å². The number of amides is 1. The second kappa shape index (κ2) is 6.98.